The molecule has 13 heavy (non-hydrogen) atoms. The van der Waals surface area contributed by atoms with Crippen LogP contribution in [0.4, 0.5) is 0 Å². The Morgan fingerprint density at radius 2 is 2.08 bits per heavy atom. The van der Waals surface area contributed by atoms with Gasteiger partial charge in [0.15, 0.2) is 0 Å². The minimum Gasteiger partial charge on any atom is -0.356 e. The van der Waals surface area contributed by atoms with Crippen molar-refractivity contribution in [2.75, 3.05) is 19.6 Å². The van der Waals surface area contributed by atoms with E-state index in [4.69, 9.17) is 0 Å². The molecule has 3 nitrogen and oxygen atoms in total. The number of nitrogens with one attached hydrogen (secondary N) is 2. The highest BCUT2D eigenvalue weighted by Crippen LogP contribution is 2.07. The fourth-order valence-corrected chi connectivity index (χ4v) is 1.44. The lowest BCUT2D eigenvalue weighted by atomic mass is 10.0. The summed E-state index contributed by atoms with van der Waals surface area (Å²) >= 11 is 0. The molecule has 3 heteroatoms. The minimum atomic E-state index is 0.227. The molecule has 0 aromatic heterocycles. The maximum atomic E-state index is 11.4. The third kappa shape index (κ3) is 2.99. The molecule has 0 aromatic rings. The molecular formula is C10H20N2O. The quantitative estimate of drug-likeness (QED) is 0.662. The van der Waals surface area contributed by atoms with Crippen LogP contribution in [-0.4, -0.2) is 25.5 Å². The summed E-state index contributed by atoms with van der Waals surface area (Å²) in [6, 6.07) is 0. The molecule has 1 heterocycles. The van der Waals surface area contributed by atoms with Crippen LogP contribution < -0.4 is 10.6 Å². The molecule has 0 spiro atoms. The summed E-state index contributed by atoms with van der Waals surface area (Å²) < 4.78 is 0. The molecule has 0 unspecified atom stereocenters. The Morgan fingerprint density at radius 1 is 1.46 bits per heavy atom. The van der Waals surface area contributed by atoms with Gasteiger partial charge in [-0.05, 0) is 5.92 Å². The molecule has 1 aliphatic rings. The molecule has 2 N–H and O–H groups in total. The molecule has 0 atom stereocenters. The average Bonchev–Trinajstić information content (AvgIpc) is 2.03. The van der Waals surface area contributed by atoms with Gasteiger partial charge in [0.2, 0.25) is 5.91 Å². The van der Waals surface area contributed by atoms with Crippen molar-refractivity contribution in [3.63, 3.8) is 0 Å². The number of amides is 1. The maximum Gasteiger partial charge on any atom is 0.225 e. The van der Waals surface area contributed by atoms with Crippen LogP contribution in [0.15, 0.2) is 0 Å². The van der Waals surface area contributed by atoms with E-state index < -0.39 is 0 Å². The Hall–Kier alpha value is -0.570. The largest absolute Gasteiger partial charge is 0.356 e. The smallest absolute Gasteiger partial charge is 0.225 e. The van der Waals surface area contributed by atoms with E-state index in [-0.39, 0.29) is 11.8 Å². The number of carbonyl (C=O) groups excluding carboxylic acids is 1. The topological polar surface area (TPSA) is 41.1 Å². The minimum absolute atomic E-state index is 0.227. The SMILES string of the molecule is CCC(CC)CNC(=O)C1CNC1. The highest BCUT2D eigenvalue weighted by Gasteiger charge is 2.24. The van der Waals surface area contributed by atoms with Crippen LogP contribution in [-0.2, 0) is 4.79 Å². The van der Waals surface area contributed by atoms with Crippen LogP contribution in [0.5, 0.6) is 0 Å². The monoisotopic (exact) mass is 184 g/mol. The number of rotatable bonds is 5. The van der Waals surface area contributed by atoms with Crippen molar-refractivity contribution < 1.29 is 4.79 Å². The lowest BCUT2D eigenvalue weighted by Gasteiger charge is -2.26. The second-order valence-electron chi connectivity index (χ2n) is 3.78. The number of hydrogen-bond donors (Lipinski definition) is 2. The molecule has 1 aliphatic heterocycles. The summed E-state index contributed by atoms with van der Waals surface area (Å²) in [5, 5.41) is 6.10. The van der Waals surface area contributed by atoms with Gasteiger partial charge in [-0.3, -0.25) is 4.79 Å². The summed E-state index contributed by atoms with van der Waals surface area (Å²) in [5.74, 6) is 1.11. The number of carbonyl (C=O) groups is 1. The Balaban J connectivity index is 2.12. The molecule has 1 amide bonds. The second kappa shape index (κ2) is 5.22. The van der Waals surface area contributed by atoms with E-state index in [1.807, 2.05) is 0 Å². The zero-order chi connectivity index (χ0) is 9.68. The van der Waals surface area contributed by atoms with Crippen molar-refractivity contribution in [1.29, 1.82) is 0 Å². The fraction of sp³-hybridized carbons (Fsp3) is 0.900. The maximum absolute atomic E-state index is 11.4. The molecular weight excluding hydrogens is 164 g/mol. The first-order valence-corrected chi connectivity index (χ1v) is 5.26. The van der Waals surface area contributed by atoms with Crippen LogP contribution in [0.25, 0.3) is 0 Å². The van der Waals surface area contributed by atoms with E-state index in [0.29, 0.717) is 5.92 Å². The summed E-state index contributed by atoms with van der Waals surface area (Å²) in [4.78, 5) is 11.4. The van der Waals surface area contributed by atoms with Crippen LogP contribution in [0.2, 0.25) is 0 Å². The molecule has 1 saturated heterocycles. The Labute approximate surface area is 80.3 Å². The van der Waals surface area contributed by atoms with Crippen molar-refractivity contribution in [3.8, 4) is 0 Å². The van der Waals surface area contributed by atoms with Gasteiger partial charge in [0.1, 0.15) is 0 Å². The Bertz CT molecular complexity index is 162. The molecule has 1 fully saturated rings. The van der Waals surface area contributed by atoms with Gasteiger partial charge >= 0.3 is 0 Å². The Kier molecular flexibility index (Phi) is 4.22. The average molecular weight is 184 g/mol. The van der Waals surface area contributed by atoms with Gasteiger partial charge in [0.05, 0.1) is 5.92 Å². The van der Waals surface area contributed by atoms with Crippen molar-refractivity contribution in [2.45, 2.75) is 26.7 Å². The third-order valence-corrected chi connectivity index (χ3v) is 2.87. The molecule has 0 aliphatic carbocycles. The molecule has 0 radical (unpaired) electrons. The lowest BCUT2D eigenvalue weighted by Crippen LogP contribution is -2.51. The van der Waals surface area contributed by atoms with Crippen molar-refractivity contribution in [2.24, 2.45) is 11.8 Å². The lowest BCUT2D eigenvalue weighted by molar-refractivity contribution is -0.126. The van der Waals surface area contributed by atoms with Gasteiger partial charge in [0.25, 0.3) is 0 Å². The van der Waals surface area contributed by atoms with Crippen LogP contribution in [0.1, 0.15) is 26.7 Å². The van der Waals surface area contributed by atoms with E-state index in [9.17, 15) is 4.79 Å². The van der Waals surface area contributed by atoms with Crippen LogP contribution in [0, 0.1) is 11.8 Å². The van der Waals surface area contributed by atoms with E-state index in [1.165, 1.54) is 0 Å². The fourth-order valence-electron chi connectivity index (χ4n) is 1.44. The van der Waals surface area contributed by atoms with Gasteiger partial charge in [-0.25, -0.2) is 0 Å². The highest BCUT2D eigenvalue weighted by molar-refractivity contribution is 5.79. The predicted molar refractivity (Wildman–Crippen MR) is 53.4 cm³/mol. The van der Waals surface area contributed by atoms with Crippen molar-refractivity contribution in [1.82, 2.24) is 10.6 Å². The van der Waals surface area contributed by atoms with Crippen LogP contribution >= 0.6 is 0 Å². The van der Waals surface area contributed by atoms with Crippen molar-refractivity contribution >= 4 is 5.91 Å². The summed E-state index contributed by atoms with van der Waals surface area (Å²) in [6.07, 6.45) is 2.30. The van der Waals surface area contributed by atoms with E-state index in [1.54, 1.807) is 0 Å². The summed E-state index contributed by atoms with van der Waals surface area (Å²) in [6.45, 7) is 6.91. The highest BCUT2D eigenvalue weighted by atomic mass is 16.2. The van der Waals surface area contributed by atoms with Crippen LogP contribution in [0.3, 0.4) is 0 Å². The summed E-state index contributed by atoms with van der Waals surface area (Å²) in [5.41, 5.74) is 0. The summed E-state index contributed by atoms with van der Waals surface area (Å²) in [7, 11) is 0. The first-order valence-electron chi connectivity index (χ1n) is 5.26. The van der Waals surface area contributed by atoms with E-state index in [0.717, 1.165) is 32.5 Å². The molecule has 76 valence electrons. The van der Waals surface area contributed by atoms with Gasteiger partial charge < -0.3 is 10.6 Å². The molecule has 0 aromatic carbocycles. The van der Waals surface area contributed by atoms with Crippen molar-refractivity contribution in [3.05, 3.63) is 0 Å². The van der Waals surface area contributed by atoms with Gasteiger partial charge in [-0.2, -0.15) is 0 Å². The standard InChI is InChI=1S/C10H20N2O/c1-3-8(4-2)5-12-10(13)9-6-11-7-9/h8-9,11H,3-7H2,1-2H3,(H,12,13). The zero-order valence-corrected chi connectivity index (χ0v) is 8.60. The van der Waals surface area contributed by atoms with Gasteiger partial charge in [-0.15, -0.1) is 0 Å². The second-order valence-corrected chi connectivity index (χ2v) is 3.78. The first kappa shape index (κ1) is 10.5. The molecule has 0 bridgehead atoms. The normalized spacial score (nSPS) is 17.2. The molecule has 1 rings (SSSR count). The van der Waals surface area contributed by atoms with Gasteiger partial charge in [0, 0.05) is 19.6 Å². The van der Waals surface area contributed by atoms with Gasteiger partial charge in [-0.1, -0.05) is 26.7 Å². The first-order chi connectivity index (χ1) is 6.27. The predicted octanol–water partition coefficient (Wildman–Crippen LogP) is 0.758. The molecule has 0 saturated carbocycles. The van der Waals surface area contributed by atoms with E-state index in [2.05, 4.69) is 24.5 Å². The third-order valence-electron chi connectivity index (χ3n) is 2.87. The Morgan fingerprint density at radius 3 is 2.46 bits per heavy atom. The number of hydrogen-bond acceptors (Lipinski definition) is 2. The zero-order valence-electron chi connectivity index (χ0n) is 8.60. The van der Waals surface area contributed by atoms with E-state index >= 15 is 0 Å².